The second-order valence-electron chi connectivity index (χ2n) is 10.1. The van der Waals surface area contributed by atoms with E-state index in [0.717, 1.165) is 35.8 Å². The van der Waals surface area contributed by atoms with Crippen LogP contribution in [-0.4, -0.2) is 42.8 Å². The number of aliphatic hydroxyl groups is 1. The number of pyridine rings is 2. The van der Waals surface area contributed by atoms with E-state index in [4.69, 9.17) is 16.7 Å². The lowest BCUT2D eigenvalue weighted by molar-refractivity contribution is 0.0904. The first-order valence-corrected chi connectivity index (χ1v) is 13.7. The Morgan fingerprint density at radius 3 is 2.50 bits per heavy atom. The van der Waals surface area contributed by atoms with E-state index in [9.17, 15) is 18.4 Å². The number of amides is 1. The molecule has 40 heavy (non-hydrogen) atoms. The molecule has 4 aromatic rings. The van der Waals surface area contributed by atoms with Gasteiger partial charge in [-0.2, -0.15) is 0 Å². The number of aryl methyl sites for hydroxylation is 1. The number of fused-ring (bicyclic) bond motifs is 1. The summed E-state index contributed by atoms with van der Waals surface area (Å²) in [6.07, 6.45) is 4.09. The maximum atomic E-state index is 13.6. The maximum absolute atomic E-state index is 13.6. The van der Waals surface area contributed by atoms with Crippen molar-refractivity contribution in [3.05, 3.63) is 87.3 Å². The van der Waals surface area contributed by atoms with Gasteiger partial charge in [0.15, 0.2) is 0 Å². The Labute approximate surface area is 234 Å². The summed E-state index contributed by atoms with van der Waals surface area (Å²) in [6.45, 7) is 0.631. The molecule has 0 aliphatic heterocycles. The summed E-state index contributed by atoms with van der Waals surface area (Å²) < 4.78 is 30.2. The van der Waals surface area contributed by atoms with Crippen molar-refractivity contribution in [1.82, 2.24) is 24.4 Å². The molecule has 2 N–H and O–H groups in total. The van der Waals surface area contributed by atoms with Crippen molar-refractivity contribution < 1.29 is 18.7 Å². The molecule has 0 radical (unpaired) electrons. The molecule has 0 bridgehead atoms. The number of benzene rings is 1. The van der Waals surface area contributed by atoms with Crippen molar-refractivity contribution >= 4 is 28.5 Å². The van der Waals surface area contributed by atoms with Crippen LogP contribution in [-0.2, 0) is 13.0 Å². The number of rotatable bonds is 9. The van der Waals surface area contributed by atoms with Gasteiger partial charge in [-0.25, -0.2) is 13.6 Å². The van der Waals surface area contributed by atoms with Crippen LogP contribution in [0.3, 0.4) is 0 Å². The molecule has 3 aromatic heterocycles. The highest BCUT2D eigenvalue weighted by Gasteiger charge is 2.27. The molecule has 0 atom stereocenters. The van der Waals surface area contributed by atoms with Gasteiger partial charge in [-0.3, -0.25) is 23.9 Å². The van der Waals surface area contributed by atoms with Gasteiger partial charge in [0, 0.05) is 31.1 Å². The fourth-order valence-electron chi connectivity index (χ4n) is 5.41. The molecule has 11 heteroatoms. The standard InChI is InChI=1S/C29H30ClF2N5O3/c30-19-14-23(26(27(31)32)34-15-19)28(39)35-21-9-7-18(8-10-21)17-36-24-5-1-2-6-25(24)37(29(36)40)22-12-11-20(33-16-22)4-3-13-38/h1-2,5-6,11-12,14-16,18,21,27,38H,3-4,7-10,13,17H2,(H,35,39). The minimum absolute atomic E-state index is 0.101. The number of nitrogens with one attached hydrogen (secondary N) is 1. The predicted octanol–water partition coefficient (Wildman–Crippen LogP) is 5.09. The number of halogens is 3. The van der Waals surface area contributed by atoms with E-state index in [1.165, 1.54) is 6.07 Å². The second kappa shape index (κ2) is 12.3. The third-order valence-corrected chi connectivity index (χ3v) is 7.66. The summed E-state index contributed by atoms with van der Waals surface area (Å²) >= 11 is 5.90. The summed E-state index contributed by atoms with van der Waals surface area (Å²) in [4.78, 5) is 34.5. The molecule has 1 aliphatic carbocycles. The fraction of sp³-hybridized carbons (Fsp3) is 0.379. The minimum Gasteiger partial charge on any atom is -0.396 e. The van der Waals surface area contributed by atoms with Crippen molar-refractivity contribution in [3.63, 3.8) is 0 Å². The number of hydrogen-bond donors (Lipinski definition) is 2. The first-order chi connectivity index (χ1) is 19.4. The van der Waals surface area contributed by atoms with Gasteiger partial charge in [-0.15, -0.1) is 0 Å². The average Bonchev–Trinajstić information content (AvgIpc) is 3.23. The minimum atomic E-state index is -2.88. The zero-order valence-electron chi connectivity index (χ0n) is 21.8. The van der Waals surface area contributed by atoms with Crippen LogP contribution in [0.4, 0.5) is 8.78 Å². The molecule has 210 valence electrons. The zero-order chi connectivity index (χ0) is 28.2. The summed E-state index contributed by atoms with van der Waals surface area (Å²) in [7, 11) is 0. The predicted molar refractivity (Wildman–Crippen MR) is 148 cm³/mol. The summed E-state index contributed by atoms with van der Waals surface area (Å²) in [5.41, 5.74) is 2.23. The van der Waals surface area contributed by atoms with Gasteiger partial charge in [0.25, 0.3) is 12.3 Å². The first-order valence-electron chi connectivity index (χ1n) is 13.4. The Balaban J connectivity index is 1.28. The van der Waals surface area contributed by atoms with Gasteiger partial charge in [-0.05, 0) is 74.8 Å². The number of carbonyl (C=O) groups is 1. The van der Waals surface area contributed by atoms with Gasteiger partial charge < -0.3 is 10.4 Å². The van der Waals surface area contributed by atoms with E-state index in [-0.39, 0.29) is 34.8 Å². The molecule has 8 nitrogen and oxygen atoms in total. The molecule has 1 fully saturated rings. The van der Waals surface area contributed by atoms with Crippen LogP contribution in [0.5, 0.6) is 0 Å². The number of para-hydroxylation sites is 2. The van der Waals surface area contributed by atoms with Crippen molar-refractivity contribution in [2.75, 3.05) is 6.61 Å². The third-order valence-electron chi connectivity index (χ3n) is 7.45. The van der Waals surface area contributed by atoms with Crippen LogP contribution in [0.2, 0.25) is 5.02 Å². The average molecular weight is 570 g/mol. The smallest absolute Gasteiger partial charge is 0.333 e. The molecule has 1 amide bonds. The monoisotopic (exact) mass is 569 g/mol. The van der Waals surface area contributed by atoms with Crippen LogP contribution >= 0.6 is 11.6 Å². The summed E-state index contributed by atoms with van der Waals surface area (Å²) in [6, 6.07) is 12.5. The van der Waals surface area contributed by atoms with Crippen LogP contribution in [0, 0.1) is 5.92 Å². The van der Waals surface area contributed by atoms with Crippen LogP contribution in [0.15, 0.2) is 59.7 Å². The third kappa shape index (κ3) is 5.93. The van der Waals surface area contributed by atoms with Gasteiger partial charge >= 0.3 is 5.69 Å². The molecule has 0 saturated heterocycles. The number of aromatic nitrogens is 4. The van der Waals surface area contributed by atoms with Gasteiger partial charge in [0.05, 0.1) is 33.5 Å². The summed E-state index contributed by atoms with van der Waals surface area (Å²) in [5.74, 6) is -0.391. The molecule has 5 rings (SSSR count). The first kappa shape index (κ1) is 27.9. The zero-order valence-corrected chi connectivity index (χ0v) is 22.5. The largest absolute Gasteiger partial charge is 0.396 e. The Bertz CT molecular complexity index is 1550. The van der Waals surface area contributed by atoms with E-state index >= 15 is 0 Å². The van der Waals surface area contributed by atoms with E-state index in [1.807, 2.05) is 36.4 Å². The highest BCUT2D eigenvalue weighted by atomic mass is 35.5. The van der Waals surface area contributed by atoms with Crippen LogP contribution < -0.4 is 11.0 Å². The van der Waals surface area contributed by atoms with E-state index in [0.29, 0.717) is 37.9 Å². The van der Waals surface area contributed by atoms with E-state index in [2.05, 4.69) is 15.3 Å². The topological polar surface area (TPSA) is 102 Å². The Kier molecular flexibility index (Phi) is 8.56. The second-order valence-corrected chi connectivity index (χ2v) is 10.6. The molecule has 1 saturated carbocycles. The number of carbonyl (C=O) groups excluding carboxylic acids is 1. The highest BCUT2D eigenvalue weighted by molar-refractivity contribution is 6.30. The van der Waals surface area contributed by atoms with Crippen molar-refractivity contribution in [1.29, 1.82) is 0 Å². The van der Waals surface area contributed by atoms with Crippen molar-refractivity contribution in [2.24, 2.45) is 5.92 Å². The molecular formula is C29H30ClF2N5O3. The Hall–Kier alpha value is -3.63. The van der Waals surface area contributed by atoms with E-state index < -0.39 is 18.0 Å². The lowest BCUT2D eigenvalue weighted by atomic mass is 9.85. The molecule has 1 aliphatic rings. The number of alkyl halides is 2. The lowest BCUT2D eigenvalue weighted by Crippen LogP contribution is -2.39. The summed E-state index contributed by atoms with van der Waals surface area (Å²) in [5, 5.41) is 12.0. The highest BCUT2D eigenvalue weighted by Crippen LogP contribution is 2.29. The van der Waals surface area contributed by atoms with Crippen LogP contribution in [0.25, 0.3) is 16.7 Å². The number of nitrogens with zero attached hydrogens (tertiary/aromatic N) is 4. The maximum Gasteiger partial charge on any atom is 0.333 e. The van der Waals surface area contributed by atoms with Gasteiger partial charge in [-0.1, -0.05) is 23.7 Å². The normalized spacial score (nSPS) is 17.4. The Morgan fingerprint density at radius 2 is 1.82 bits per heavy atom. The van der Waals surface area contributed by atoms with Gasteiger partial charge in [0.2, 0.25) is 0 Å². The molecule has 3 heterocycles. The van der Waals surface area contributed by atoms with E-state index in [1.54, 1.807) is 15.3 Å². The molecule has 0 spiro atoms. The molecule has 1 aromatic carbocycles. The fourth-order valence-corrected chi connectivity index (χ4v) is 5.57. The van der Waals surface area contributed by atoms with Crippen molar-refractivity contribution in [2.45, 2.75) is 57.5 Å². The molecule has 0 unspecified atom stereocenters. The lowest BCUT2D eigenvalue weighted by Gasteiger charge is -2.29. The number of aliphatic hydroxyl groups excluding tert-OH is 1. The number of hydrogen-bond acceptors (Lipinski definition) is 5. The van der Waals surface area contributed by atoms with Crippen LogP contribution in [0.1, 0.15) is 60.3 Å². The SMILES string of the molecule is O=C(NC1CCC(Cn2c(=O)n(-c3ccc(CCCO)nc3)c3ccccc32)CC1)c1cc(Cl)cnc1C(F)F. The van der Waals surface area contributed by atoms with Gasteiger partial charge in [0.1, 0.15) is 5.69 Å². The Morgan fingerprint density at radius 1 is 1.07 bits per heavy atom. The molecular weight excluding hydrogens is 540 g/mol. The quantitative estimate of drug-likeness (QED) is 0.292. The van der Waals surface area contributed by atoms with Crippen molar-refractivity contribution in [3.8, 4) is 5.69 Å². The number of imidazole rings is 1.